The lowest BCUT2D eigenvalue weighted by molar-refractivity contribution is -0.132. The molecule has 5 nitrogen and oxygen atoms in total. The van der Waals surface area contributed by atoms with Crippen LogP contribution in [-0.4, -0.2) is 23.4 Å². The normalized spacial score (nSPS) is 17.5. The number of amides is 1. The van der Waals surface area contributed by atoms with Crippen molar-refractivity contribution < 1.29 is 28.2 Å². The zero-order valence-corrected chi connectivity index (χ0v) is 18.0. The molecule has 1 atom stereocenters. The third-order valence-corrected chi connectivity index (χ3v) is 5.39. The maximum atomic E-state index is 14.7. The summed E-state index contributed by atoms with van der Waals surface area (Å²) in [6, 6.07) is 15.1. The topological polar surface area (TPSA) is 66.8 Å². The summed E-state index contributed by atoms with van der Waals surface area (Å²) in [5.41, 5.74) is 1.17. The largest absolute Gasteiger partial charge is 0.507 e. The molecule has 1 heterocycles. The molecule has 0 saturated carbocycles. The van der Waals surface area contributed by atoms with Gasteiger partial charge in [0.25, 0.3) is 11.7 Å². The minimum Gasteiger partial charge on any atom is -0.507 e. The molecule has 7 heteroatoms. The molecule has 1 unspecified atom stereocenters. The first kappa shape index (κ1) is 22.2. The summed E-state index contributed by atoms with van der Waals surface area (Å²) in [5.74, 6) is -3.72. The Morgan fingerprint density at radius 3 is 2.48 bits per heavy atom. The van der Waals surface area contributed by atoms with Crippen LogP contribution in [0.2, 0.25) is 0 Å². The van der Waals surface area contributed by atoms with E-state index in [1.54, 1.807) is 42.5 Å². The van der Waals surface area contributed by atoms with E-state index in [4.69, 9.17) is 4.74 Å². The summed E-state index contributed by atoms with van der Waals surface area (Å²) >= 11 is 0. The van der Waals surface area contributed by atoms with E-state index in [0.717, 1.165) is 22.6 Å². The number of hydrogen-bond donors (Lipinski definition) is 1. The van der Waals surface area contributed by atoms with Gasteiger partial charge in [0, 0.05) is 11.6 Å². The molecule has 0 radical (unpaired) electrons. The fraction of sp³-hybridized carbons (Fsp3) is 0.154. The van der Waals surface area contributed by atoms with Crippen molar-refractivity contribution in [2.45, 2.75) is 19.9 Å². The Bertz CT molecular complexity index is 1280. The molecule has 1 amide bonds. The molecule has 1 saturated heterocycles. The molecule has 1 aliphatic heterocycles. The van der Waals surface area contributed by atoms with Crippen molar-refractivity contribution in [3.05, 3.63) is 101 Å². The Hall–Kier alpha value is -4.00. The summed E-state index contributed by atoms with van der Waals surface area (Å²) in [5, 5.41) is 11.2. The third-order valence-electron chi connectivity index (χ3n) is 5.39. The number of Topliss-reactive ketones (excluding diaryl/α,β-unsaturated/α-hetero) is 1. The molecule has 1 fully saturated rings. The van der Waals surface area contributed by atoms with Gasteiger partial charge >= 0.3 is 0 Å². The fourth-order valence-corrected chi connectivity index (χ4v) is 3.97. The number of anilines is 1. The molecular formula is C26H21F2NO4. The van der Waals surface area contributed by atoms with Gasteiger partial charge in [-0.05, 0) is 43.7 Å². The van der Waals surface area contributed by atoms with E-state index in [1.165, 1.54) is 0 Å². The number of rotatable bonds is 5. The molecular weight excluding hydrogens is 428 g/mol. The third kappa shape index (κ3) is 4.09. The highest BCUT2D eigenvalue weighted by atomic mass is 19.1. The highest BCUT2D eigenvalue weighted by Gasteiger charge is 2.47. The number of aliphatic hydroxyl groups is 1. The fourth-order valence-electron chi connectivity index (χ4n) is 3.97. The van der Waals surface area contributed by atoms with Gasteiger partial charge in [-0.2, -0.15) is 0 Å². The Balaban J connectivity index is 1.95. The number of ether oxygens (including phenoxy) is 1. The van der Waals surface area contributed by atoms with E-state index < -0.39 is 35.1 Å². The van der Waals surface area contributed by atoms with Crippen LogP contribution in [0.15, 0.2) is 72.3 Å². The average Bonchev–Trinajstić information content (AvgIpc) is 3.04. The molecule has 3 aromatic carbocycles. The van der Waals surface area contributed by atoms with Crippen molar-refractivity contribution in [2.75, 3.05) is 11.5 Å². The highest BCUT2D eigenvalue weighted by molar-refractivity contribution is 6.51. The van der Waals surface area contributed by atoms with Gasteiger partial charge in [0.15, 0.2) is 0 Å². The Morgan fingerprint density at radius 2 is 1.79 bits per heavy atom. The van der Waals surface area contributed by atoms with E-state index in [2.05, 4.69) is 0 Å². The lowest BCUT2D eigenvalue weighted by Gasteiger charge is -2.26. The van der Waals surface area contributed by atoms with Gasteiger partial charge in [-0.1, -0.05) is 42.0 Å². The zero-order valence-electron chi connectivity index (χ0n) is 18.0. The van der Waals surface area contributed by atoms with Crippen molar-refractivity contribution in [2.24, 2.45) is 0 Å². The number of aryl methyl sites for hydroxylation is 1. The van der Waals surface area contributed by atoms with Gasteiger partial charge in [0.1, 0.15) is 23.1 Å². The van der Waals surface area contributed by atoms with Crippen LogP contribution >= 0.6 is 0 Å². The maximum Gasteiger partial charge on any atom is 0.300 e. The van der Waals surface area contributed by atoms with Crippen LogP contribution in [0.1, 0.15) is 29.7 Å². The number of hydrogen-bond acceptors (Lipinski definition) is 4. The molecule has 3 aromatic rings. The zero-order chi connectivity index (χ0) is 23.7. The van der Waals surface area contributed by atoms with Gasteiger partial charge in [0.05, 0.1) is 23.9 Å². The van der Waals surface area contributed by atoms with Crippen LogP contribution in [0.3, 0.4) is 0 Å². The number of ketones is 1. The number of halogens is 2. The first-order valence-electron chi connectivity index (χ1n) is 10.4. The highest BCUT2D eigenvalue weighted by Crippen LogP contribution is 2.43. The van der Waals surface area contributed by atoms with Crippen molar-refractivity contribution in [1.82, 2.24) is 0 Å². The Kier molecular flexibility index (Phi) is 5.96. The van der Waals surface area contributed by atoms with Gasteiger partial charge in [-0.25, -0.2) is 8.78 Å². The number of nitrogens with zero attached hydrogens (tertiary/aromatic N) is 1. The number of carbonyl (C=O) groups excluding carboxylic acids is 2. The predicted octanol–water partition coefficient (Wildman–Crippen LogP) is 5.30. The lowest BCUT2D eigenvalue weighted by atomic mass is 9.94. The average molecular weight is 449 g/mol. The monoisotopic (exact) mass is 449 g/mol. The first-order valence-corrected chi connectivity index (χ1v) is 10.4. The molecule has 0 bridgehead atoms. The molecule has 0 aromatic heterocycles. The van der Waals surface area contributed by atoms with Crippen LogP contribution in [0.5, 0.6) is 5.75 Å². The summed E-state index contributed by atoms with van der Waals surface area (Å²) in [6.45, 7) is 4.05. The summed E-state index contributed by atoms with van der Waals surface area (Å²) in [4.78, 5) is 27.2. The van der Waals surface area contributed by atoms with E-state index in [-0.39, 0.29) is 16.8 Å². The Morgan fingerprint density at radius 1 is 1.03 bits per heavy atom. The van der Waals surface area contributed by atoms with E-state index in [1.807, 2.05) is 19.9 Å². The molecule has 4 rings (SSSR count). The van der Waals surface area contributed by atoms with Crippen molar-refractivity contribution in [1.29, 1.82) is 0 Å². The maximum absolute atomic E-state index is 14.7. The predicted molar refractivity (Wildman–Crippen MR) is 120 cm³/mol. The number of aliphatic hydroxyl groups excluding tert-OH is 1. The second-order valence-electron chi connectivity index (χ2n) is 7.64. The first-order chi connectivity index (χ1) is 15.8. The molecule has 1 aliphatic rings. The quantitative estimate of drug-likeness (QED) is 0.326. The molecule has 1 N–H and O–H groups in total. The van der Waals surface area contributed by atoms with Gasteiger partial charge < -0.3 is 9.84 Å². The standard InChI is InChI=1S/C26H21F2NO4/c1-3-33-19-9-5-8-17(13-19)24(30)22-23(16-7-4-6-15(2)12-16)29(26(32)25(22)31)21-11-10-18(27)14-20(21)28/h4-14,23,30H,3H2,1-2H3/b24-22+. The summed E-state index contributed by atoms with van der Waals surface area (Å²) in [7, 11) is 0. The summed E-state index contributed by atoms with van der Waals surface area (Å²) < 4.78 is 33.7. The van der Waals surface area contributed by atoms with Crippen LogP contribution in [0.25, 0.3) is 5.76 Å². The second kappa shape index (κ2) is 8.86. The number of carbonyl (C=O) groups is 2. The van der Waals surface area contributed by atoms with Crippen molar-refractivity contribution >= 4 is 23.1 Å². The van der Waals surface area contributed by atoms with Crippen molar-refractivity contribution in [3.8, 4) is 5.75 Å². The van der Waals surface area contributed by atoms with Crippen LogP contribution in [0, 0.1) is 18.6 Å². The minimum atomic E-state index is -1.11. The minimum absolute atomic E-state index is 0.192. The SMILES string of the molecule is CCOc1cccc(/C(O)=C2\C(=O)C(=O)N(c3ccc(F)cc3F)C2c2cccc(C)c2)c1. The van der Waals surface area contributed by atoms with Crippen molar-refractivity contribution in [3.63, 3.8) is 0 Å². The molecule has 168 valence electrons. The van der Waals surface area contributed by atoms with E-state index in [9.17, 15) is 23.5 Å². The van der Waals surface area contributed by atoms with Crippen LogP contribution < -0.4 is 9.64 Å². The van der Waals surface area contributed by atoms with Crippen LogP contribution in [-0.2, 0) is 9.59 Å². The van der Waals surface area contributed by atoms with E-state index in [0.29, 0.717) is 24.0 Å². The molecule has 0 aliphatic carbocycles. The molecule has 0 spiro atoms. The summed E-state index contributed by atoms with van der Waals surface area (Å²) in [6.07, 6.45) is 0. The lowest BCUT2D eigenvalue weighted by Crippen LogP contribution is -2.30. The smallest absolute Gasteiger partial charge is 0.300 e. The van der Waals surface area contributed by atoms with Gasteiger partial charge in [-0.15, -0.1) is 0 Å². The van der Waals surface area contributed by atoms with Gasteiger partial charge in [-0.3, -0.25) is 14.5 Å². The number of benzene rings is 3. The Labute approximate surface area is 189 Å². The second-order valence-corrected chi connectivity index (χ2v) is 7.64. The van der Waals surface area contributed by atoms with Crippen LogP contribution in [0.4, 0.5) is 14.5 Å². The van der Waals surface area contributed by atoms with E-state index >= 15 is 0 Å². The van der Waals surface area contributed by atoms with Gasteiger partial charge in [0.2, 0.25) is 0 Å². The molecule has 33 heavy (non-hydrogen) atoms.